The van der Waals surface area contributed by atoms with E-state index < -0.39 is 0 Å². The van der Waals surface area contributed by atoms with Gasteiger partial charge in [-0.1, -0.05) is 5.16 Å². The van der Waals surface area contributed by atoms with Crippen LogP contribution in [0.5, 0.6) is 0 Å². The summed E-state index contributed by atoms with van der Waals surface area (Å²) in [4.78, 5) is 15.1. The van der Waals surface area contributed by atoms with Crippen molar-refractivity contribution in [1.29, 1.82) is 0 Å². The molecule has 0 N–H and O–H groups in total. The van der Waals surface area contributed by atoms with Crippen molar-refractivity contribution in [3.8, 4) is 0 Å². The van der Waals surface area contributed by atoms with Crippen LogP contribution in [-0.2, 0) is 0 Å². The maximum atomic E-state index is 5.05. The number of nitrogens with zero attached hydrogens (tertiary/aromatic N) is 5. The molecule has 6 heteroatoms. The summed E-state index contributed by atoms with van der Waals surface area (Å²) in [6.45, 7) is 3.65. The summed E-state index contributed by atoms with van der Waals surface area (Å²) < 4.78 is 5.05. The molecule has 94 valence electrons. The lowest BCUT2D eigenvalue weighted by Gasteiger charge is -2.31. The number of anilines is 1. The minimum Gasteiger partial charge on any atom is -0.340 e. The standard InChI is InChI=1S/C12H15N5O/c1-9-15-11(16-18-9)10-4-2-7-17(8-10)12-13-5-3-6-14-12/h3,5-6,10H,2,4,7-8H2,1H3/t10-/m0/s1. The number of hydrogen-bond acceptors (Lipinski definition) is 6. The van der Waals surface area contributed by atoms with Crippen molar-refractivity contribution >= 4 is 5.95 Å². The molecule has 2 aromatic heterocycles. The molecule has 0 aliphatic carbocycles. The largest absolute Gasteiger partial charge is 0.340 e. The fraction of sp³-hybridized carbons (Fsp3) is 0.500. The second-order valence-electron chi connectivity index (χ2n) is 4.51. The zero-order valence-electron chi connectivity index (χ0n) is 10.3. The van der Waals surface area contributed by atoms with E-state index in [1.165, 1.54) is 0 Å². The van der Waals surface area contributed by atoms with E-state index in [1.807, 2.05) is 13.0 Å². The van der Waals surface area contributed by atoms with Gasteiger partial charge in [-0.3, -0.25) is 0 Å². The Morgan fingerprint density at radius 3 is 2.89 bits per heavy atom. The fourth-order valence-corrected chi connectivity index (χ4v) is 2.30. The lowest BCUT2D eigenvalue weighted by molar-refractivity contribution is 0.376. The highest BCUT2D eigenvalue weighted by Gasteiger charge is 2.26. The highest BCUT2D eigenvalue weighted by atomic mass is 16.5. The summed E-state index contributed by atoms with van der Waals surface area (Å²) in [7, 11) is 0. The van der Waals surface area contributed by atoms with Crippen molar-refractivity contribution in [2.75, 3.05) is 18.0 Å². The number of hydrogen-bond donors (Lipinski definition) is 0. The SMILES string of the molecule is Cc1nc([C@H]2CCCN(c3ncccn3)C2)no1. The van der Waals surface area contributed by atoms with E-state index in [9.17, 15) is 0 Å². The number of rotatable bonds is 2. The van der Waals surface area contributed by atoms with E-state index in [4.69, 9.17) is 4.52 Å². The summed E-state index contributed by atoms with van der Waals surface area (Å²) in [5.74, 6) is 2.51. The Morgan fingerprint density at radius 2 is 2.17 bits per heavy atom. The quantitative estimate of drug-likeness (QED) is 0.799. The van der Waals surface area contributed by atoms with Gasteiger partial charge in [-0.25, -0.2) is 9.97 Å². The van der Waals surface area contributed by atoms with Crippen molar-refractivity contribution in [2.24, 2.45) is 0 Å². The van der Waals surface area contributed by atoms with Gasteiger partial charge in [0, 0.05) is 38.3 Å². The monoisotopic (exact) mass is 245 g/mol. The molecule has 1 aliphatic rings. The number of aryl methyl sites for hydroxylation is 1. The summed E-state index contributed by atoms with van der Waals surface area (Å²) in [5, 5.41) is 4.01. The van der Waals surface area contributed by atoms with Crippen molar-refractivity contribution in [1.82, 2.24) is 20.1 Å². The molecule has 18 heavy (non-hydrogen) atoms. The zero-order chi connectivity index (χ0) is 12.4. The molecule has 1 saturated heterocycles. The summed E-state index contributed by atoms with van der Waals surface area (Å²) in [5.41, 5.74) is 0. The second kappa shape index (κ2) is 4.72. The van der Waals surface area contributed by atoms with Crippen LogP contribution in [0.2, 0.25) is 0 Å². The molecule has 0 saturated carbocycles. The molecule has 0 aromatic carbocycles. The molecule has 2 aromatic rings. The Morgan fingerprint density at radius 1 is 1.33 bits per heavy atom. The van der Waals surface area contributed by atoms with Gasteiger partial charge in [-0.15, -0.1) is 0 Å². The molecule has 3 rings (SSSR count). The number of aromatic nitrogens is 4. The molecule has 1 atom stereocenters. The Hall–Kier alpha value is -1.98. The second-order valence-corrected chi connectivity index (χ2v) is 4.51. The molecule has 1 fully saturated rings. The molecule has 6 nitrogen and oxygen atoms in total. The first-order valence-electron chi connectivity index (χ1n) is 6.15. The highest BCUT2D eigenvalue weighted by molar-refractivity contribution is 5.30. The summed E-state index contributed by atoms with van der Waals surface area (Å²) >= 11 is 0. The van der Waals surface area contributed by atoms with Crippen LogP contribution in [-0.4, -0.2) is 33.2 Å². The van der Waals surface area contributed by atoms with E-state index in [-0.39, 0.29) is 0 Å². The number of piperidine rings is 1. The average Bonchev–Trinajstić information content (AvgIpc) is 2.87. The Balaban J connectivity index is 1.76. The van der Waals surface area contributed by atoms with Crippen LogP contribution in [0.25, 0.3) is 0 Å². The van der Waals surface area contributed by atoms with Gasteiger partial charge in [0.15, 0.2) is 5.82 Å². The molecule has 0 spiro atoms. The predicted octanol–water partition coefficient (Wildman–Crippen LogP) is 1.55. The van der Waals surface area contributed by atoms with Crippen molar-refractivity contribution in [3.63, 3.8) is 0 Å². The van der Waals surface area contributed by atoms with E-state index in [1.54, 1.807) is 12.4 Å². The first-order valence-corrected chi connectivity index (χ1v) is 6.15. The van der Waals surface area contributed by atoms with Gasteiger partial charge in [-0.2, -0.15) is 4.98 Å². The molecule has 1 aliphatic heterocycles. The lowest BCUT2D eigenvalue weighted by Crippen LogP contribution is -2.35. The first-order chi connectivity index (χ1) is 8.83. The highest BCUT2D eigenvalue weighted by Crippen LogP contribution is 2.26. The molecule has 3 heterocycles. The molecule has 0 radical (unpaired) electrons. The van der Waals surface area contributed by atoms with Gasteiger partial charge in [0.05, 0.1) is 0 Å². The Bertz CT molecular complexity index is 512. The van der Waals surface area contributed by atoms with Crippen LogP contribution in [0.15, 0.2) is 23.0 Å². The van der Waals surface area contributed by atoms with E-state index in [0.29, 0.717) is 11.8 Å². The van der Waals surface area contributed by atoms with Gasteiger partial charge >= 0.3 is 0 Å². The van der Waals surface area contributed by atoms with Crippen LogP contribution in [0, 0.1) is 6.92 Å². The summed E-state index contributed by atoms with van der Waals surface area (Å²) in [6.07, 6.45) is 5.72. The minimum absolute atomic E-state index is 0.306. The predicted molar refractivity (Wildman–Crippen MR) is 65.3 cm³/mol. The Labute approximate surface area is 105 Å². The minimum atomic E-state index is 0.306. The van der Waals surface area contributed by atoms with Gasteiger partial charge in [0.25, 0.3) is 0 Å². The third-order valence-corrected chi connectivity index (χ3v) is 3.16. The van der Waals surface area contributed by atoms with Crippen molar-refractivity contribution in [3.05, 3.63) is 30.2 Å². The van der Waals surface area contributed by atoms with Crippen molar-refractivity contribution < 1.29 is 4.52 Å². The first kappa shape index (κ1) is 11.1. The van der Waals surface area contributed by atoms with Crippen LogP contribution < -0.4 is 4.90 Å². The maximum Gasteiger partial charge on any atom is 0.225 e. The lowest BCUT2D eigenvalue weighted by atomic mass is 9.98. The van der Waals surface area contributed by atoms with Gasteiger partial charge < -0.3 is 9.42 Å². The van der Waals surface area contributed by atoms with E-state index in [2.05, 4.69) is 25.0 Å². The van der Waals surface area contributed by atoms with E-state index >= 15 is 0 Å². The smallest absolute Gasteiger partial charge is 0.225 e. The van der Waals surface area contributed by atoms with Crippen LogP contribution in [0.3, 0.4) is 0 Å². The van der Waals surface area contributed by atoms with Gasteiger partial charge in [0.1, 0.15) is 0 Å². The molecule has 0 bridgehead atoms. The molecule has 0 amide bonds. The van der Waals surface area contributed by atoms with Crippen LogP contribution >= 0.6 is 0 Å². The third-order valence-electron chi connectivity index (χ3n) is 3.16. The zero-order valence-corrected chi connectivity index (χ0v) is 10.3. The van der Waals surface area contributed by atoms with Gasteiger partial charge in [0.2, 0.25) is 11.8 Å². The van der Waals surface area contributed by atoms with Crippen LogP contribution in [0.4, 0.5) is 5.95 Å². The molecule has 0 unspecified atom stereocenters. The molecular weight excluding hydrogens is 230 g/mol. The van der Waals surface area contributed by atoms with Crippen molar-refractivity contribution in [2.45, 2.75) is 25.7 Å². The van der Waals surface area contributed by atoms with Gasteiger partial charge in [-0.05, 0) is 18.9 Å². The van der Waals surface area contributed by atoms with Crippen LogP contribution in [0.1, 0.15) is 30.5 Å². The summed E-state index contributed by atoms with van der Waals surface area (Å²) in [6, 6.07) is 1.83. The Kier molecular flexibility index (Phi) is 2.92. The average molecular weight is 245 g/mol. The fourth-order valence-electron chi connectivity index (χ4n) is 2.30. The third kappa shape index (κ3) is 2.18. The topological polar surface area (TPSA) is 67.9 Å². The van der Waals surface area contributed by atoms with E-state index in [0.717, 1.165) is 37.7 Å². The molecular formula is C12H15N5O. The maximum absolute atomic E-state index is 5.05. The normalized spacial score (nSPS) is 20.1.